The van der Waals surface area contributed by atoms with Crippen molar-refractivity contribution in [1.82, 2.24) is 10.0 Å². The predicted octanol–water partition coefficient (Wildman–Crippen LogP) is 1.83. The lowest BCUT2D eigenvalue weighted by Gasteiger charge is -2.30. The summed E-state index contributed by atoms with van der Waals surface area (Å²) in [5.41, 5.74) is 1.14. The molecule has 1 heterocycles. The SMILES string of the molecule is CNS(=O)(=O)c1ccc(CNC(=O)C(N)(c2cccc(F)c2)C(F)(F)F)s1. The van der Waals surface area contributed by atoms with Crippen molar-refractivity contribution in [3.63, 3.8) is 0 Å². The van der Waals surface area contributed by atoms with Crippen LogP contribution >= 0.6 is 11.3 Å². The van der Waals surface area contributed by atoms with E-state index in [0.29, 0.717) is 10.9 Å². The van der Waals surface area contributed by atoms with E-state index in [1.165, 1.54) is 19.2 Å². The smallest absolute Gasteiger partial charge is 0.349 e. The van der Waals surface area contributed by atoms with Crippen LogP contribution in [0.3, 0.4) is 0 Å². The number of carbonyl (C=O) groups is 1. The van der Waals surface area contributed by atoms with Crippen molar-refractivity contribution in [2.24, 2.45) is 5.73 Å². The highest BCUT2D eigenvalue weighted by atomic mass is 32.2. The molecule has 0 bridgehead atoms. The Morgan fingerprint density at radius 1 is 1.22 bits per heavy atom. The molecule has 1 unspecified atom stereocenters. The van der Waals surface area contributed by atoms with Crippen molar-refractivity contribution in [2.75, 3.05) is 7.05 Å². The van der Waals surface area contributed by atoms with E-state index >= 15 is 0 Å². The molecule has 0 fully saturated rings. The van der Waals surface area contributed by atoms with Crippen molar-refractivity contribution in [2.45, 2.75) is 22.5 Å². The molecule has 0 aliphatic heterocycles. The predicted molar refractivity (Wildman–Crippen MR) is 90.7 cm³/mol. The molecule has 1 aromatic heterocycles. The van der Waals surface area contributed by atoms with Crippen molar-refractivity contribution in [3.05, 3.63) is 52.7 Å². The van der Waals surface area contributed by atoms with Gasteiger partial charge in [0, 0.05) is 4.88 Å². The number of benzene rings is 1. The zero-order chi connectivity index (χ0) is 20.5. The first kappa shape index (κ1) is 21.3. The fourth-order valence-electron chi connectivity index (χ4n) is 2.16. The molecule has 6 nitrogen and oxygen atoms in total. The average Bonchev–Trinajstić information content (AvgIpc) is 3.07. The molecule has 0 saturated carbocycles. The second-order valence-corrected chi connectivity index (χ2v) is 8.71. The third kappa shape index (κ3) is 4.29. The minimum Gasteiger partial charge on any atom is -0.349 e. The highest BCUT2D eigenvalue weighted by molar-refractivity contribution is 7.91. The Hall–Kier alpha value is -2.02. The maximum atomic E-state index is 13.5. The Kier molecular flexibility index (Phi) is 5.94. The molecular formula is C15H15F4N3O3S2. The van der Waals surface area contributed by atoms with Crippen LogP contribution in [-0.4, -0.2) is 27.5 Å². The van der Waals surface area contributed by atoms with Gasteiger partial charge in [-0.05, 0) is 36.9 Å². The van der Waals surface area contributed by atoms with E-state index in [1.54, 1.807) is 0 Å². The number of amides is 1. The number of alkyl halides is 3. The van der Waals surface area contributed by atoms with Crippen molar-refractivity contribution < 1.29 is 30.8 Å². The quantitative estimate of drug-likeness (QED) is 0.615. The molecule has 2 aromatic rings. The first-order valence-corrected chi connectivity index (χ1v) is 9.64. The number of rotatable bonds is 6. The highest BCUT2D eigenvalue weighted by Gasteiger charge is 2.59. The summed E-state index contributed by atoms with van der Waals surface area (Å²) in [6, 6.07) is 5.98. The van der Waals surface area contributed by atoms with Gasteiger partial charge in [-0.1, -0.05) is 12.1 Å². The summed E-state index contributed by atoms with van der Waals surface area (Å²) in [6.45, 7) is -0.382. The Balaban J connectivity index is 2.26. The molecule has 1 amide bonds. The van der Waals surface area contributed by atoms with E-state index in [0.717, 1.165) is 29.5 Å². The molecule has 0 aliphatic rings. The number of halogens is 4. The first-order valence-electron chi connectivity index (χ1n) is 7.34. The van der Waals surface area contributed by atoms with Gasteiger partial charge in [0.25, 0.3) is 5.91 Å². The van der Waals surface area contributed by atoms with E-state index in [2.05, 4.69) is 4.72 Å². The molecule has 27 heavy (non-hydrogen) atoms. The van der Waals surface area contributed by atoms with E-state index in [1.807, 2.05) is 5.32 Å². The summed E-state index contributed by atoms with van der Waals surface area (Å²) in [5, 5.41) is 2.04. The van der Waals surface area contributed by atoms with Gasteiger partial charge in [-0.2, -0.15) is 13.2 Å². The number of hydrogen-bond donors (Lipinski definition) is 3. The van der Waals surface area contributed by atoms with Gasteiger partial charge in [-0.15, -0.1) is 11.3 Å². The number of carbonyl (C=O) groups excluding carboxylic acids is 1. The number of hydrogen-bond acceptors (Lipinski definition) is 5. The zero-order valence-corrected chi connectivity index (χ0v) is 15.4. The fourth-order valence-corrected chi connectivity index (χ4v) is 4.30. The molecule has 0 aliphatic carbocycles. The number of nitrogens with one attached hydrogen (secondary N) is 2. The summed E-state index contributed by atoms with van der Waals surface area (Å²) in [6.07, 6.45) is -5.19. The number of nitrogens with two attached hydrogens (primary N) is 1. The summed E-state index contributed by atoms with van der Waals surface area (Å²) in [7, 11) is -2.50. The second-order valence-electron chi connectivity index (χ2n) is 5.43. The third-order valence-electron chi connectivity index (χ3n) is 3.68. The number of thiophene rings is 1. The minimum absolute atomic E-state index is 0.0609. The Labute approximate surface area is 156 Å². The van der Waals surface area contributed by atoms with Crippen molar-refractivity contribution in [3.8, 4) is 0 Å². The van der Waals surface area contributed by atoms with Crippen molar-refractivity contribution in [1.29, 1.82) is 0 Å². The van der Waals surface area contributed by atoms with Gasteiger partial charge in [-0.3, -0.25) is 4.79 Å². The normalized spacial score (nSPS) is 14.6. The van der Waals surface area contributed by atoms with E-state index < -0.39 is 39.0 Å². The second kappa shape index (κ2) is 7.54. The lowest BCUT2D eigenvalue weighted by atomic mass is 9.89. The lowest BCUT2D eigenvalue weighted by Crippen LogP contribution is -2.60. The first-order chi connectivity index (χ1) is 12.4. The van der Waals surface area contributed by atoms with Gasteiger partial charge >= 0.3 is 6.18 Å². The van der Waals surface area contributed by atoms with Gasteiger partial charge in [0.1, 0.15) is 10.0 Å². The van der Waals surface area contributed by atoms with E-state index in [-0.39, 0.29) is 10.8 Å². The Morgan fingerprint density at radius 3 is 2.44 bits per heavy atom. The molecule has 0 saturated heterocycles. The van der Waals surface area contributed by atoms with Crippen LogP contribution in [0.15, 0.2) is 40.6 Å². The van der Waals surface area contributed by atoms with E-state index in [9.17, 15) is 30.8 Å². The number of sulfonamides is 1. The largest absolute Gasteiger partial charge is 0.419 e. The van der Waals surface area contributed by atoms with Gasteiger partial charge < -0.3 is 11.1 Å². The summed E-state index contributed by atoms with van der Waals surface area (Å²) in [4.78, 5) is 12.5. The minimum atomic E-state index is -5.19. The van der Waals surface area contributed by atoms with Gasteiger partial charge in [0.05, 0.1) is 6.54 Å². The molecular weight excluding hydrogens is 410 g/mol. The molecule has 148 valence electrons. The monoisotopic (exact) mass is 425 g/mol. The van der Waals surface area contributed by atoms with Crippen LogP contribution in [0.2, 0.25) is 0 Å². The summed E-state index contributed by atoms with van der Waals surface area (Å²) in [5.74, 6) is -2.56. The summed E-state index contributed by atoms with van der Waals surface area (Å²) < 4.78 is 79.2. The van der Waals surface area contributed by atoms with Crippen LogP contribution in [0.1, 0.15) is 10.4 Å². The molecule has 0 radical (unpaired) electrons. The standard InChI is InChI=1S/C15H15F4N3O3S2/c1-21-27(24,25)12-6-5-11(26-12)8-22-13(23)14(20,15(17,18)19)9-3-2-4-10(16)7-9/h2-7,21H,8,20H2,1H3,(H,22,23). The molecule has 1 aromatic carbocycles. The molecule has 4 N–H and O–H groups in total. The Bertz CT molecular complexity index is 944. The topological polar surface area (TPSA) is 101 Å². The highest BCUT2D eigenvalue weighted by Crippen LogP contribution is 2.37. The Morgan fingerprint density at radius 2 is 1.89 bits per heavy atom. The summed E-state index contributed by atoms with van der Waals surface area (Å²) >= 11 is 0.776. The zero-order valence-electron chi connectivity index (χ0n) is 13.8. The van der Waals surface area contributed by atoms with Gasteiger partial charge in [0.15, 0.2) is 0 Å². The molecule has 12 heteroatoms. The van der Waals surface area contributed by atoms with Gasteiger partial charge in [-0.25, -0.2) is 17.5 Å². The van der Waals surface area contributed by atoms with Crippen LogP contribution in [-0.2, 0) is 26.9 Å². The molecule has 2 rings (SSSR count). The van der Waals surface area contributed by atoms with Crippen LogP contribution in [0.25, 0.3) is 0 Å². The molecule has 0 spiro atoms. The van der Waals surface area contributed by atoms with Crippen LogP contribution in [0, 0.1) is 5.82 Å². The van der Waals surface area contributed by atoms with E-state index in [4.69, 9.17) is 5.73 Å². The van der Waals surface area contributed by atoms with Gasteiger partial charge in [0.2, 0.25) is 15.6 Å². The van der Waals surface area contributed by atoms with Crippen LogP contribution in [0.5, 0.6) is 0 Å². The maximum absolute atomic E-state index is 13.5. The van der Waals surface area contributed by atoms with Crippen LogP contribution < -0.4 is 15.8 Å². The fraction of sp³-hybridized carbons (Fsp3) is 0.267. The lowest BCUT2D eigenvalue weighted by molar-refractivity contribution is -0.194. The van der Waals surface area contributed by atoms with Crippen molar-refractivity contribution >= 4 is 27.3 Å². The third-order valence-corrected chi connectivity index (χ3v) is 6.67. The maximum Gasteiger partial charge on any atom is 0.419 e. The molecule has 1 atom stereocenters. The van der Waals surface area contributed by atoms with Crippen LogP contribution in [0.4, 0.5) is 17.6 Å². The average molecular weight is 425 g/mol.